The van der Waals surface area contributed by atoms with E-state index in [4.69, 9.17) is 0 Å². The Morgan fingerprint density at radius 1 is 0.500 bits per heavy atom. The molecule has 5 unspecified atom stereocenters. The van der Waals surface area contributed by atoms with Crippen LogP contribution in [0.2, 0.25) is 0 Å². The molecule has 0 N–H and O–H groups in total. The van der Waals surface area contributed by atoms with Gasteiger partial charge in [0.2, 0.25) is 0 Å². The maximum atomic E-state index is 2.49. The first-order valence-electron chi connectivity index (χ1n) is 8.74. The fourth-order valence-corrected chi connectivity index (χ4v) is 3.55. The second kappa shape index (κ2) is 6.84. The molecule has 0 saturated heterocycles. The minimum Gasteiger partial charge on any atom is -0.0625 e. The summed E-state index contributed by atoms with van der Waals surface area (Å²) in [6.45, 7) is 29.2. The maximum absolute atomic E-state index is 2.49. The number of rotatable bonds is 6. The molecule has 0 fully saturated rings. The highest BCUT2D eigenvalue weighted by Crippen LogP contribution is 2.48. The summed E-state index contributed by atoms with van der Waals surface area (Å²) < 4.78 is 0. The summed E-state index contributed by atoms with van der Waals surface area (Å²) in [6, 6.07) is 0. The van der Waals surface area contributed by atoms with Crippen LogP contribution in [0.3, 0.4) is 0 Å². The van der Waals surface area contributed by atoms with E-state index in [0.29, 0.717) is 10.8 Å². The smallest absolute Gasteiger partial charge is 0.0297 e. The normalized spacial score (nSPS) is 21.4. The van der Waals surface area contributed by atoms with Gasteiger partial charge in [0.15, 0.2) is 0 Å². The average Bonchev–Trinajstić information content (AvgIpc) is 2.32. The van der Waals surface area contributed by atoms with Crippen molar-refractivity contribution in [3.05, 3.63) is 0 Å². The molecule has 0 saturated carbocycles. The molecular formula is C20H42. The second-order valence-electron chi connectivity index (χ2n) is 9.52. The molecule has 0 rings (SSSR count). The van der Waals surface area contributed by atoms with Gasteiger partial charge in [0.1, 0.15) is 0 Å². The van der Waals surface area contributed by atoms with Crippen molar-refractivity contribution in [1.82, 2.24) is 0 Å². The molecule has 0 aliphatic rings. The maximum Gasteiger partial charge on any atom is -0.0297 e. The third-order valence-corrected chi connectivity index (χ3v) is 7.13. The molecule has 5 atom stereocenters. The summed E-state index contributed by atoms with van der Waals surface area (Å²) in [5.74, 6) is 4.57. The van der Waals surface area contributed by atoms with Gasteiger partial charge in [-0.05, 0) is 46.3 Å². The molecule has 0 aromatic rings. The summed E-state index contributed by atoms with van der Waals surface area (Å²) >= 11 is 0. The van der Waals surface area contributed by atoms with Crippen LogP contribution in [-0.2, 0) is 0 Å². The molecular weight excluding hydrogens is 240 g/mol. The fraction of sp³-hybridized carbons (Fsp3) is 1.00. The molecule has 0 radical (unpaired) electrons. The molecule has 0 aliphatic carbocycles. The van der Waals surface area contributed by atoms with E-state index in [1.165, 1.54) is 0 Å². The van der Waals surface area contributed by atoms with E-state index in [-0.39, 0.29) is 0 Å². The lowest BCUT2D eigenvalue weighted by Crippen LogP contribution is -2.41. The first kappa shape index (κ1) is 20.0. The van der Waals surface area contributed by atoms with Gasteiger partial charge in [-0.15, -0.1) is 0 Å². The summed E-state index contributed by atoms with van der Waals surface area (Å²) in [6.07, 6.45) is 0. The molecule has 20 heavy (non-hydrogen) atoms. The van der Waals surface area contributed by atoms with Crippen LogP contribution in [0.15, 0.2) is 0 Å². The molecule has 0 bridgehead atoms. The summed E-state index contributed by atoms with van der Waals surface area (Å²) in [5.41, 5.74) is 0.776. The molecule has 0 nitrogen and oxygen atoms in total. The minimum atomic E-state index is 0.384. The standard InChI is InChI=1S/C20H42/c1-13(2)14(3)15(4)16(5)20(11,12)18(7)17(6)19(8,9)10/h13-18H,1-12H3. The molecule has 0 aliphatic heterocycles. The Morgan fingerprint density at radius 2 is 0.900 bits per heavy atom. The quantitative estimate of drug-likeness (QED) is 0.497. The van der Waals surface area contributed by atoms with Crippen molar-refractivity contribution < 1.29 is 0 Å². The first-order valence-corrected chi connectivity index (χ1v) is 8.74. The van der Waals surface area contributed by atoms with Gasteiger partial charge >= 0.3 is 0 Å². The van der Waals surface area contributed by atoms with Crippen LogP contribution in [-0.4, -0.2) is 0 Å². The van der Waals surface area contributed by atoms with E-state index in [9.17, 15) is 0 Å². The Labute approximate surface area is 130 Å². The Bertz CT molecular complexity index is 279. The van der Waals surface area contributed by atoms with Crippen LogP contribution in [0.5, 0.6) is 0 Å². The zero-order valence-electron chi connectivity index (χ0n) is 16.5. The Balaban J connectivity index is 5.12. The van der Waals surface area contributed by atoms with Gasteiger partial charge in [-0.2, -0.15) is 0 Å². The van der Waals surface area contributed by atoms with Crippen LogP contribution in [0.1, 0.15) is 83.1 Å². The van der Waals surface area contributed by atoms with Gasteiger partial charge in [-0.1, -0.05) is 83.1 Å². The Kier molecular flexibility index (Phi) is 6.84. The van der Waals surface area contributed by atoms with Gasteiger partial charge in [0, 0.05) is 0 Å². The van der Waals surface area contributed by atoms with Crippen molar-refractivity contribution in [2.24, 2.45) is 46.3 Å². The largest absolute Gasteiger partial charge is 0.0625 e. The van der Waals surface area contributed by atoms with Crippen molar-refractivity contribution in [2.75, 3.05) is 0 Å². The number of hydrogen-bond donors (Lipinski definition) is 0. The lowest BCUT2D eigenvalue weighted by Gasteiger charge is -2.48. The highest BCUT2D eigenvalue weighted by molar-refractivity contribution is 4.90. The van der Waals surface area contributed by atoms with Gasteiger partial charge in [-0.25, -0.2) is 0 Å². The van der Waals surface area contributed by atoms with Crippen molar-refractivity contribution in [1.29, 1.82) is 0 Å². The van der Waals surface area contributed by atoms with Crippen molar-refractivity contribution in [3.63, 3.8) is 0 Å². The first-order chi connectivity index (χ1) is 8.74. The summed E-state index contributed by atoms with van der Waals surface area (Å²) in [7, 11) is 0. The molecule has 0 heteroatoms. The van der Waals surface area contributed by atoms with Crippen molar-refractivity contribution >= 4 is 0 Å². The molecule has 0 spiro atoms. The van der Waals surface area contributed by atoms with Gasteiger partial charge < -0.3 is 0 Å². The van der Waals surface area contributed by atoms with Crippen molar-refractivity contribution in [3.8, 4) is 0 Å². The Hall–Kier alpha value is 0. The Morgan fingerprint density at radius 3 is 1.20 bits per heavy atom. The topological polar surface area (TPSA) is 0 Å². The third kappa shape index (κ3) is 4.50. The molecule has 0 amide bonds. The van der Waals surface area contributed by atoms with Crippen molar-refractivity contribution in [2.45, 2.75) is 83.1 Å². The monoisotopic (exact) mass is 282 g/mol. The molecule has 122 valence electrons. The van der Waals surface area contributed by atoms with E-state index in [1.807, 2.05) is 0 Å². The fourth-order valence-electron chi connectivity index (χ4n) is 3.55. The highest BCUT2D eigenvalue weighted by atomic mass is 14.5. The van der Waals surface area contributed by atoms with Crippen LogP contribution >= 0.6 is 0 Å². The van der Waals surface area contributed by atoms with Crippen LogP contribution in [0.4, 0.5) is 0 Å². The van der Waals surface area contributed by atoms with E-state index in [0.717, 1.165) is 35.5 Å². The predicted octanol–water partition coefficient (Wildman–Crippen LogP) is 6.90. The predicted molar refractivity (Wildman–Crippen MR) is 93.9 cm³/mol. The average molecular weight is 283 g/mol. The molecule has 0 aromatic heterocycles. The summed E-state index contributed by atoms with van der Waals surface area (Å²) in [4.78, 5) is 0. The van der Waals surface area contributed by atoms with E-state index < -0.39 is 0 Å². The van der Waals surface area contributed by atoms with Crippen LogP contribution < -0.4 is 0 Å². The zero-order chi connectivity index (χ0) is 16.5. The van der Waals surface area contributed by atoms with Gasteiger partial charge in [-0.3, -0.25) is 0 Å². The highest BCUT2D eigenvalue weighted by Gasteiger charge is 2.41. The lowest BCUT2D eigenvalue weighted by atomic mass is 9.57. The van der Waals surface area contributed by atoms with Gasteiger partial charge in [0.25, 0.3) is 0 Å². The lowest BCUT2D eigenvalue weighted by molar-refractivity contribution is 0.00837. The molecule has 0 heterocycles. The van der Waals surface area contributed by atoms with Gasteiger partial charge in [0.05, 0.1) is 0 Å². The second-order valence-corrected chi connectivity index (χ2v) is 9.52. The third-order valence-electron chi connectivity index (χ3n) is 7.13. The van der Waals surface area contributed by atoms with E-state index >= 15 is 0 Å². The molecule has 0 aromatic carbocycles. The zero-order valence-corrected chi connectivity index (χ0v) is 16.5. The van der Waals surface area contributed by atoms with E-state index in [1.54, 1.807) is 0 Å². The SMILES string of the molecule is CC(C)C(C)C(C)C(C)C(C)(C)C(C)C(C)C(C)(C)C. The number of hydrogen-bond acceptors (Lipinski definition) is 0. The van der Waals surface area contributed by atoms with E-state index in [2.05, 4.69) is 83.1 Å². The summed E-state index contributed by atoms with van der Waals surface area (Å²) in [5, 5.41) is 0. The van der Waals surface area contributed by atoms with Crippen LogP contribution in [0.25, 0.3) is 0 Å². The van der Waals surface area contributed by atoms with Crippen LogP contribution in [0, 0.1) is 46.3 Å². The minimum absolute atomic E-state index is 0.384.